The van der Waals surface area contributed by atoms with Crippen LogP contribution in [0.1, 0.15) is 24.0 Å². The van der Waals surface area contributed by atoms with Gasteiger partial charge in [-0.1, -0.05) is 42.5 Å². The van der Waals surface area contributed by atoms with E-state index in [0.29, 0.717) is 11.3 Å². The van der Waals surface area contributed by atoms with E-state index in [9.17, 15) is 13.2 Å². The summed E-state index contributed by atoms with van der Waals surface area (Å²) in [6.45, 7) is 1.15. The Morgan fingerprint density at radius 2 is 1.65 bits per heavy atom. The molecule has 0 bridgehead atoms. The number of hydrogen-bond acceptors (Lipinski definition) is 4. The first-order valence-electron chi connectivity index (χ1n) is 8.84. The smallest absolute Gasteiger partial charge is 0.238 e. The van der Waals surface area contributed by atoms with Crippen LogP contribution in [0.5, 0.6) is 0 Å². The Kier molecular flexibility index (Phi) is 6.06. The van der Waals surface area contributed by atoms with Crippen LogP contribution in [0, 0.1) is 5.92 Å². The third kappa shape index (κ3) is 6.28. The fourth-order valence-electron chi connectivity index (χ4n) is 2.79. The quantitative estimate of drug-likeness (QED) is 0.710. The lowest BCUT2D eigenvalue weighted by molar-refractivity contribution is -0.115. The van der Waals surface area contributed by atoms with Gasteiger partial charge in [-0.05, 0) is 48.6 Å². The summed E-state index contributed by atoms with van der Waals surface area (Å²) in [4.78, 5) is 12.0. The molecule has 5 nitrogen and oxygen atoms in total. The van der Waals surface area contributed by atoms with E-state index in [-0.39, 0.29) is 24.0 Å². The zero-order valence-electron chi connectivity index (χ0n) is 14.6. The SMILES string of the molecule is O=C(CNCC1CC1)Nc1cccc(CS(=O)(=O)Cc2ccccc2)c1. The van der Waals surface area contributed by atoms with Gasteiger partial charge in [0.15, 0.2) is 9.84 Å². The van der Waals surface area contributed by atoms with Crippen molar-refractivity contribution in [2.75, 3.05) is 18.4 Å². The van der Waals surface area contributed by atoms with Crippen LogP contribution in [0.3, 0.4) is 0 Å². The lowest BCUT2D eigenvalue weighted by atomic mass is 10.2. The minimum atomic E-state index is -3.27. The van der Waals surface area contributed by atoms with Gasteiger partial charge >= 0.3 is 0 Å². The highest BCUT2D eigenvalue weighted by Gasteiger charge is 2.20. The van der Waals surface area contributed by atoms with E-state index >= 15 is 0 Å². The normalized spacial score (nSPS) is 14.2. The molecule has 2 aromatic carbocycles. The van der Waals surface area contributed by atoms with E-state index in [1.54, 1.807) is 24.3 Å². The summed E-state index contributed by atoms with van der Waals surface area (Å²) in [6, 6.07) is 16.2. The van der Waals surface area contributed by atoms with Crippen molar-refractivity contribution in [3.05, 3.63) is 65.7 Å². The van der Waals surface area contributed by atoms with Gasteiger partial charge < -0.3 is 10.6 Å². The number of carbonyl (C=O) groups excluding carboxylic acids is 1. The van der Waals surface area contributed by atoms with Crippen LogP contribution < -0.4 is 10.6 Å². The number of anilines is 1. The first kappa shape index (κ1) is 18.6. The molecule has 0 atom stereocenters. The number of hydrogen-bond donors (Lipinski definition) is 2. The fraction of sp³-hybridized carbons (Fsp3) is 0.350. The zero-order valence-corrected chi connectivity index (χ0v) is 15.5. The van der Waals surface area contributed by atoms with Crippen molar-refractivity contribution in [1.82, 2.24) is 5.32 Å². The molecule has 1 aliphatic rings. The largest absolute Gasteiger partial charge is 0.325 e. The van der Waals surface area contributed by atoms with Crippen LogP contribution in [-0.2, 0) is 26.1 Å². The molecule has 2 aromatic rings. The highest BCUT2D eigenvalue weighted by atomic mass is 32.2. The van der Waals surface area contributed by atoms with Gasteiger partial charge in [0.05, 0.1) is 18.1 Å². The first-order valence-corrected chi connectivity index (χ1v) is 10.7. The number of benzene rings is 2. The summed E-state index contributed by atoms with van der Waals surface area (Å²) in [5.74, 6) is 0.567. The maximum atomic E-state index is 12.4. The average molecular weight is 372 g/mol. The monoisotopic (exact) mass is 372 g/mol. The molecule has 3 rings (SSSR count). The van der Waals surface area contributed by atoms with Gasteiger partial charge in [0.25, 0.3) is 0 Å². The maximum absolute atomic E-state index is 12.4. The molecule has 1 aliphatic carbocycles. The van der Waals surface area contributed by atoms with Gasteiger partial charge in [-0.3, -0.25) is 4.79 Å². The van der Waals surface area contributed by atoms with Crippen LogP contribution in [0.2, 0.25) is 0 Å². The summed E-state index contributed by atoms with van der Waals surface area (Å²) >= 11 is 0. The number of nitrogens with one attached hydrogen (secondary N) is 2. The Balaban J connectivity index is 1.55. The molecule has 1 fully saturated rings. The molecule has 0 unspecified atom stereocenters. The standard InChI is InChI=1S/C20H24N2O3S/c23-20(13-21-12-16-9-10-16)22-19-8-4-7-18(11-19)15-26(24,25)14-17-5-2-1-3-6-17/h1-8,11,16,21H,9-10,12-15H2,(H,22,23). The predicted octanol–water partition coefficient (Wildman–Crippen LogP) is 2.74. The summed E-state index contributed by atoms with van der Waals surface area (Å²) in [7, 11) is -3.27. The van der Waals surface area contributed by atoms with Crippen molar-refractivity contribution in [2.24, 2.45) is 5.92 Å². The molecule has 0 spiro atoms. The Bertz CT molecular complexity index is 846. The number of sulfone groups is 1. The lowest BCUT2D eigenvalue weighted by Crippen LogP contribution is -2.29. The molecule has 6 heteroatoms. The van der Waals surface area contributed by atoms with Crippen molar-refractivity contribution >= 4 is 21.4 Å². The third-order valence-electron chi connectivity index (χ3n) is 4.24. The molecular weight excluding hydrogens is 348 g/mol. The highest BCUT2D eigenvalue weighted by molar-refractivity contribution is 7.89. The molecule has 2 N–H and O–H groups in total. The van der Waals surface area contributed by atoms with Gasteiger partial charge in [-0.15, -0.1) is 0 Å². The van der Waals surface area contributed by atoms with Gasteiger partial charge in [0.1, 0.15) is 0 Å². The highest BCUT2D eigenvalue weighted by Crippen LogP contribution is 2.27. The van der Waals surface area contributed by atoms with Crippen molar-refractivity contribution in [3.63, 3.8) is 0 Å². The molecule has 0 saturated heterocycles. The second-order valence-corrected chi connectivity index (χ2v) is 8.91. The maximum Gasteiger partial charge on any atom is 0.238 e. The number of carbonyl (C=O) groups is 1. The Labute approximate surface area is 154 Å². The Morgan fingerprint density at radius 1 is 0.962 bits per heavy atom. The second kappa shape index (κ2) is 8.47. The molecule has 138 valence electrons. The first-order chi connectivity index (χ1) is 12.5. The van der Waals surface area contributed by atoms with Crippen LogP contribution in [0.4, 0.5) is 5.69 Å². The van der Waals surface area contributed by atoms with Crippen LogP contribution in [0.25, 0.3) is 0 Å². The number of rotatable bonds is 9. The van der Waals surface area contributed by atoms with Crippen molar-refractivity contribution in [2.45, 2.75) is 24.3 Å². The minimum absolute atomic E-state index is 0.00944. The van der Waals surface area contributed by atoms with Gasteiger partial charge in [0.2, 0.25) is 5.91 Å². The topological polar surface area (TPSA) is 75.3 Å². The van der Waals surface area contributed by atoms with E-state index in [1.807, 2.05) is 30.3 Å². The van der Waals surface area contributed by atoms with Gasteiger partial charge in [0, 0.05) is 5.69 Å². The van der Waals surface area contributed by atoms with E-state index in [2.05, 4.69) is 10.6 Å². The minimum Gasteiger partial charge on any atom is -0.325 e. The van der Waals surface area contributed by atoms with Crippen molar-refractivity contribution in [1.29, 1.82) is 0 Å². The molecule has 1 amide bonds. The molecule has 1 saturated carbocycles. The molecule has 0 radical (unpaired) electrons. The molecule has 26 heavy (non-hydrogen) atoms. The van der Waals surface area contributed by atoms with Gasteiger partial charge in [-0.25, -0.2) is 8.42 Å². The fourth-order valence-corrected chi connectivity index (χ4v) is 4.28. The van der Waals surface area contributed by atoms with E-state index in [0.717, 1.165) is 18.0 Å². The number of amides is 1. The van der Waals surface area contributed by atoms with Crippen molar-refractivity contribution in [3.8, 4) is 0 Å². The lowest BCUT2D eigenvalue weighted by Gasteiger charge is -2.09. The molecule has 0 aromatic heterocycles. The Morgan fingerprint density at radius 3 is 2.38 bits per heavy atom. The zero-order chi connectivity index (χ0) is 18.4. The Hall–Kier alpha value is -2.18. The predicted molar refractivity (Wildman–Crippen MR) is 103 cm³/mol. The van der Waals surface area contributed by atoms with Crippen LogP contribution in [0.15, 0.2) is 54.6 Å². The average Bonchev–Trinajstić information content (AvgIpc) is 3.39. The third-order valence-corrected chi connectivity index (χ3v) is 5.79. The van der Waals surface area contributed by atoms with Crippen LogP contribution in [-0.4, -0.2) is 27.4 Å². The van der Waals surface area contributed by atoms with Crippen molar-refractivity contribution < 1.29 is 13.2 Å². The van der Waals surface area contributed by atoms with Gasteiger partial charge in [-0.2, -0.15) is 0 Å². The van der Waals surface area contributed by atoms with E-state index < -0.39 is 9.84 Å². The van der Waals surface area contributed by atoms with E-state index in [1.165, 1.54) is 12.8 Å². The summed E-state index contributed by atoms with van der Waals surface area (Å²) in [6.07, 6.45) is 2.49. The summed E-state index contributed by atoms with van der Waals surface area (Å²) < 4.78 is 24.8. The van der Waals surface area contributed by atoms with E-state index in [4.69, 9.17) is 0 Å². The molecule has 0 heterocycles. The summed E-state index contributed by atoms with van der Waals surface area (Å²) in [5.41, 5.74) is 2.07. The van der Waals surface area contributed by atoms with Crippen LogP contribution >= 0.6 is 0 Å². The second-order valence-electron chi connectivity index (χ2n) is 6.84. The molecule has 0 aliphatic heterocycles. The summed E-state index contributed by atoms with van der Waals surface area (Å²) in [5, 5.41) is 5.96. The molecular formula is C20H24N2O3S.